The highest BCUT2D eigenvalue weighted by Crippen LogP contribution is 2.30. The molecule has 0 saturated carbocycles. The van der Waals surface area contributed by atoms with E-state index in [1.807, 2.05) is 0 Å². The maximum atomic E-state index is 10.9. The largest absolute Gasteiger partial charge is 0.480 e. The second-order valence-corrected chi connectivity index (χ2v) is 8.42. The zero-order valence-electron chi connectivity index (χ0n) is 18.5. The molecule has 2 saturated heterocycles. The summed E-state index contributed by atoms with van der Waals surface area (Å²) in [6.07, 6.45) is -15.5. The second-order valence-electron chi connectivity index (χ2n) is 8.42. The molecular formula is C21H31NO13. The van der Waals surface area contributed by atoms with Gasteiger partial charge in [0.2, 0.25) is 6.29 Å². The predicted molar refractivity (Wildman–Crippen MR) is 113 cm³/mol. The molecule has 11 atom stereocenters. The fourth-order valence-corrected chi connectivity index (χ4v) is 3.83. The molecule has 0 spiro atoms. The molecule has 2 aliphatic heterocycles. The van der Waals surface area contributed by atoms with E-state index in [-0.39, 0.29) is 12.2 Å². The van der Waals surface area contributed by atoms with Crippen LogP contribution in [0.5, 0.6) is 5.75 Å². The molecule has 0 amide bonds. The van der Waals surface area contributed by atoms with Crippen molar-refractivity contribution in [3.05, 3.63) is 29.8 Å². The van der Waals surface area contributed by atoms with Crippen molar-refractivity contribution in [1.82, 2.24) is 0 Å². The Hall–Kier alpha value is -1.95. The molecule has 35 heavy (non-hydrogen) atoms. The summed E-state index contributed by atoms with van der Waals surface area (Å²) < 4.78 is 21.8. The van der Waals surface area contributed by atoms with Gasteiger partial charge in [0.25, 0.3) is 0 Å². The van der Waals surface area contributed by atoms with Crippen molar-refractivity contribution in [3.8, 4) is 5.75 Å². The van der Waals surface area contributed by atoms with E-state index in [0.29, 0.717) is 5.56 Å². The summed E-state index contributed by atoms with van der Waals surface area (Å²) in [4.78, 5) is 10.9. The van der Waals surface area contributed by atoms with Crippen LogP contribution in [0.15, 0.2) is 24.3 Å². The Morgan fingerprint density at radius 1 is 0.857 bits per heavy atom. The number of aliphatic carboxylic acids is 1. The Kier molecular flexibility index (Phi) is 9.36. The molecule has 0 radical (unpaired) electrons. The summed E-state index contributed by atoms with van der Waals surface area (Å²) in [6.45, 7) is -1.39. The van der Waals surface area contributed by atoms with E-state index in [2.05, 4.69) is 0 Å². The Labute approximate surface area is 199 Å². The number of carboxylic acids is 1. The lowest BCUT2D eigenvalue weighted by Gasteiger charge is -2.45. The summed E-state index contributed by atoms with van der Waals surface area (Å²) in [7, 11) is 0. The van der Waals surface area contributed by atoms with Crippen LogP contribution < -0.4 is 10.5 Å². The monoisotopic (exact) mass is 505 g/mol. The van der Waals surface area contributed by atoms with Crippen LogP contribution in [-0.4, -0.2) is 127 Å². The smallest absolute Gasteiger partial charge is 0.320 e. The summed E-state index contributed by atoms with van der Waals surface area (Å²) in [5.41, 5.74) is 6.13. The molecule has 198 valence electrons. The van der Waals surface area contributed by atoms with Gasteiger partial charge in [-0.15, -0.1) is 0 Å². The number of carbonyl (C=O) groups is 1. The minimum absolute atomic E-state index is 0.0838. The Morgan fingerprint density at radius 3 is 2.00 bits per heavy atom. The van der Waals surface area contributed by atoms with Gasteiger partial charge < -0.3 is 65.5 Å². The van der Waals surface area contributed by atoms with Gasteiger partial charge in [0.15, 0.2) is 6.29 Å². The highest BCUT2D eigenvalue weighted by Gasteiger charge is 2.51. The zero-order valence-corrected chi connectivity index (χ0v) is 18.5. The lowest BCUT2D eigenvalue weighted by atomic mass is 9.97. The highest BCUT2D eigenvalue weighted by atomic mass is 16.7. The van der Waals surface area contributed by atoms with E-state index < -0.39 is 86.6 Å². The van der Waals surface area contributed by atoms with Crippen LogP contribution >= 0.6 is 0 Å². The molecule has 1 aromatic rings. The quantitative estimate of drug-likeness (QED) is 0.154. The first kappa shape index (κ1) is 27.6. The molecule has 10 N–H and O–H groups in total. The highest BCUT2D eigenvalue weighted by molar-refractivity contribution is 5.73. The Morgan fingerprint density at radius 2 is 1.43 bits per heavy atom. The summed E-state index contributed by atoms with van der Waals surface area (Å²) in [5, 5.41) is 79.1. The van der Waals surface area contributed by atoms with Crippen LogP contribution in [0, 0.1) is 0 Å². The van der Waals surface area contributed by atoms with Gasteiger partial charge in [-0.25, -0.2) is 0 Å². The van der Waals surface area contributed by atoms with Gasteiger partial charge in [0, 0.05) is 0 Å². The van der Waals surface area contributed by atoms with Gasteiger partial charge in [-0.05, 0) is 24.1 Å². The fourth-order valence-electron chi connectivity index (χ4n) is 3.83. The van der Waals surface area contributed by atoms with Crippen molar-refractivity contribution < 1.29 is 64.6 Å². The van der Waals surface area contributed by atoms with E-state index in [0.717, 1.165) is 0 Å². The number of carboxylic acid groups (broad SMARTS) is 1. The second kappa shape index (κ2) is 11.9. The molecule has 14 heteroatoms. The summed E-state index contributed by atoms with van der Waals surface area (Å²) in [5.74, 6) is -0.938. The lowest BCUT2D eigenvalue weighted by molar-refractivity contribution is -0.352. The van der Waals surface area contributed by atoms with Crippen LogP contribution in [0.2, 0.25) is 0 Å². The topological polar surface area (TPSA) is 242 Å². The standard InChI is InChI=1S/C21H31NO13/c22-10(19(30)31)5-8-1-3-9(4-2-8)32-20-17(29)15(27)18(12(7-24)34-20)35-21-16(28)14(26)13(25)11(6-23)33-21/h1-4,10-18,20-21,23-29H,5-7,22H2,(H,30,31)/t10-,11+,12+,13-,14-,15+,16+,17+,18+,20?,21-/m0/s1. The van der Waals surface area contributed by atoms with E-state index in [1.54, 1.807) is 12.1 Å². The van der Waals surface area contributed by atoms with Crippen LogP contribution in [0.25, 0.3) is 0 Å². The average Bonchev–Trinajstić information content (AvgIpc) is 2.84. The van der Waals surface area contributed by atoms with Gasteiger partial charge in [-0.3, -0.25) is 4.79 Å². The number of hydrogen-bond acceptors (Lipinski definition) is 13. The Balaban J connectivity index is 1.66. The summed E-state index contributed by atoms with van der Waals surface area (Å²) >= 11 is 0. The van der Waals surface area contributed by atoms with Gasteiger partial charge in [-0.2, -0.15) is 0 Å². The average molecular weight is 505 g/mol. The molecular weight excluding hydrogens is 474 g/mol. The molecule has 14 nitrogen and oxygen atoms in total. The minimum atomic E-state index is -1.77. The van der Waals surface area contributed by atoms with Crippen molar-refractivity contribution in [3.63, 3.8) is 0 Å². The van der Waals surface area contributed by atoms with Crippen LogP contribution in [0.3, 0.4) is 0 Å². The van der Waals surface area contributed by atoms with Gasteiger partial charge in [0.1, 0.15) is 60.6 Å². The van der Waals surface area contributed by atoms with Crippen molar-refractivity contribution in [1.29, 1.82) is 0 Å². The van der Waals surface area contributed by atoms with Crippen LogP contribution in [0.4, 0.5) is 0 Å². The molecule has 3 rings (SSSR count). The molecule has 2 heterocycles. The van der Waals surface area contributed by atoms with Crippen LogP contribution in [-0.2, 0) is 25.4 Å². The molecule has 1 unspecified atom stereocenters. The lowest BCUT2D eigenvalue weighted by Crippen LogP contribution is -2.65. The normalized spacial score (nSPS) is 38.6. The number of benzene rings is 1. The van der Waals surface area contributed by atoms with E-state index in [9.17, 15) is 40.5 Å². The van der Waals surface area contributed by atoms with Crippen molar-refractivity contribution in [2.45, 2.75) is 73.9 Å². The maximum Gasteiger partial charge on any atom is 0.320 e. The summed E-state index contributed by atoms with van der Waals surface area (Å²) in [6, 6.07) is 5.02. The number of aliphatic hydroxyl groups excluding tert-OH is 7. The molecule has 0 aromatic heterocycles. The van der Waals surface area contributed by atoms with Crippen molar-refractivity contribution in [2.75, 3.05) is 13.2 Å². The molecule has 2 aliphatic rings. The fraction of sp³-hybridized carbons (Fsp3) is 0.667. The third kappa shape index (κ3) is 6.25. The van der Waals surface area contributed by atoms with Gasteiger partial charge in [-0.1, -0.05) is 12.1 Å². The molecule has 0 bridgehead atoms. The van der Waals surface area contributed by atoms with Crippen LogP contribution in [0.1, 0.15) is 5.56 Å². The SMILES string of the molecule is N[C@@H](Cc1ccc(OC2O[C@H](CO)[C@@H](O[C@@H]3O[C@H](CO)[C@H](O)[C@H](O)[C@H]3O)[C@H](O)[C@H]2O)cc1)C(=O)O. The van der Waals surface area contributed by atoms with E-state index >= 15 is 0 Å². The van der Waals surface area contributed by atoms with E-state index in [1.165, 1.54) is 12.1 Å². The molecule has 0 aliphatic carbocycles. The van der Waals surface area contributed by atoms with Gasteiger partial charge in [0.05, 0.1) is 13.2 Å². The number of rotatable bonds is 9. The minimum Gasteiger partial charge on any atom is -0.480 e. The number of aliphatic hydroxyl groups is 7. The number of hydrogen-bond donors (Lipinski definition) is 9. The van der Waals surface area contributed by atoms with Crippen molar-refractivity contribution >= 4 is 5.97 Å². The zero-order chi connectivity index (χ0) is 25.9. The Bertz CT molecular complexity index is 822. The first-order valence-electron chi connectivity index (χ1n) is 10.9. The van der Waals surface area contributed by atoms with E-state index in [4.69, 9.17) is 29.8 Å². The molecule has 2 fully saturated rings. The third-order valence-corrected chi connectivity index (χ3v) is 5.91. The first-order chi connectivity index (χ1) is 16.6. The predicted octanol–water partition coefficient (Wildman–Crippen LogP) is -4.36. The number of nitrogens with two attached hydrogens (primary N) is 1. The third-order valence-electron chi connectivity index (χ3n) is 5.91. The maximum absolute atomic E-state index is 10.9. The molecule has 1 aromatic carbocycles. The first-order valence-corrected chi connectivity index (χ1v) is 10.9. The van der Waals surface area contributed by atoms with Gasteiger partial charge >= 0.3 is 5.97 Å². The van der Waals surface area contributed by atoms with Crippen molar-refractivity contribution in [2.24, 2.45) is 5.73 Å². The number of ether oxygens (including phenoxy) is 4.